The Hall–Kier alpha value is -2.31. The molecule has 0 N–H and O–H groups in total. The number of aryl methyl sites for hydroxylation is 1. The number of methoxy groups -OCH3 is 1. The first kappa shape index (κ1) is 13.7. The van der Waals surface area contributed by atoms with Crippen LogP contribution < -0.4 is 0 Å². The molecule has 0 saturated heterocycles. The lowest BCUT2D eigenvalue weighted by atomic mass is 9.98. The fraction of sp³-hybridized carbons (Fsp3) is 0.286. The molecule has 110 valence electrons. The van der Waals surface area contributed by atoms with Crippen molar-refractivity contribution < 1.29 is 22.7 Å². The van der Waals surface area contributed by atoms with E-state index in [1.807, 2.05) is 0 Å². The Morgan fingerprint density at radius 3 is 2.76 bits per heavy atom. The SMILES string of the molecule is COC(=O)c1ncn2c1CCc1cc(C(F)(F)F)ccc1-2. The van der Waals surface area contributed by atoms with Crippen LogP contribution in [0, 0.1) is 0 Å². The molecule has 0 radical (unpaired) electrons. The molecule has 0 aliphatic carbocycles. The molecule has 2 aromatic rings. The van der Waals surface area contributed by atoms with Gasteiger partial charge >= 0.3 is 12.1 Å². The van der Waals surface area contributed by atoms with Gasteiger partial charge in [0.05, 0.1) is 24.1 Å². The highest BCUT2D eigenvalue weighted by Crippen LogP contribution is 2.34. The maximum absolute atomic E-state index is 12.7. The number of ether oxygens (including phenoxy) is 1. The molecule has 0 fully saturated rings. The van der Waals surface area contributed by atoms with Crippen molar-refractivity contribution >= 4 is 5.97 Å². The number of esters is 1. The third-order valence-electron chi connectivity index (χ3n) is 3.54. The van der Waals surface area contributed by atoms with Crippen molar-refractivity contribution in [2.75, 3.05) is 7.11 Å². The van der Waals surface area contributed by atoms with Gasteiger partial charge in [-0.1, -0.05) is 0 Å². The quantitative estimate of drug-likeness (QED) is 0.760. The molecule has 0 amide bonds. The molecule has 0 spiro atoms. The fourth-order valence-corrected chi connectivity index (χ4v) is 2.54. The second-order valence-corrected chi connectivity index (χ2v) is 4.74. The molecule has 0 atom stereocenters. The van der Waals surface area contributed by atoms with Gasteiger partial charge < -0.3 is 9.30 Å². The maximum atomic E-state index is 12.7. The van der Waals surface area contributed by atoms with Crippen LogP contribution in [-0.4, -0.2) is 22.6 Å². The van der Waals surface area contributed by atoms with Gasteiger partial charge in [0.25, 0.3) is 0 Å². The van der Waals surface area contributed by atoms with E-state index < -0.39 is 17.7 Å². The van der Waals surface area contributed by atoms with Gasteiger partial charge in [0, 0.05) is 0 Å². The number of nitrogens with zero attached hydrogens (tertiary/aromatic N) is 2. The lowest BCUT2D eigenvalue weighted by Crippen LogP contribution is -2.16. The van der Waals surface area contributed by atoms with Crippen LogP contribution in [0.4, 0.5) is 13.2 Å². The van der Waals surface area contributed by atoms with Crippen LogP contribution >= 0.6 is 0 Å². The van der Waals surface area contributed by atoms with E-state index in [1.165, 1.54) is 19.5 Å². The van der Waals surface area contributed by atoms with Crippen molar-refractivity contribution in [3.8, 4) is 5.69 Å². The number of alkyl halides is 3. The Morgan fingerprint density at radius 1 is 1.33 bits per heavy atom. The standard InChI is InChI=1S/C14H11F3N2O2/c1-21-13(20)12-11-4-2-8-6-9(14(15,16)17)3-5-10(8)19(11)7-18-12/h3,5-7H,2,4H2,1H3. The van der Waals surface area contributed by atoms with Crippen LogP contribution in [0.2, 0.25) is 0 Å². The fourth-order valence-electron chi connectivity index (χ4n) is 2.54. The van der Waals surface area contributed by atoms with E-state index >= 15 is 0 Å². The summed E-state index contributed by atoms with van der Waals surface area (Å²) in [5.74, 6) is -0.542. The number of carbonyl (C=O) groups is 1. The minimum Gasteiger partial charge on any atom is -0.464 e. The van der Waals surface area contributed by atoms with Crippen molar-refractivity contribution in [1.29, 1.82) is 0 Å². The van der Waals surface area contributed by atoms with Crippen LogP contribution in [0.1, 0.15) is 27.3 Å². The van der Waals surface area contributed by atoms with E-state index in [2.05, 4.69) is 9.72 Å². The summed E-state index contributed by atoms with van der Waals surface area (Å²) >= 11 is 0. The van der Waals surface area contributed by atoms with Gasteiger partial charge in [-0.2, -0.15) is 13.2 Å². The molecule has 0 saturated carbocycles. The average Bonchev–Trinajstić information content (AvgIpc) is 2.89. The number of imidazole rings is 1. The van der Waals surface area contributed by atoms with E-state index in [1.54, 1.807) is 4.57 Å². The first-order chi connectivity index (χ1) is 9.91. The van der Waals surface area contributed by atoms with Crippen molar-refractivity contribution in [2.24, 2.45) is 0 Å². The normalized spacial score (nSPS) is 13.5. The van der Waals surface area contributed by atoms with Crippen LogP contribution in [0.3, 0.4) is 0 Å². The summed E-state index contributed by atoms with van der Waals surface area (Å²) in [5.41, 5.74) is 1.41. The first-order valence-electron chi connectivity index (χ1n) is 6.27. The zero-order valence-corrected chi connectivity index (χ0v) is 11.1. The zero-order valence-electron chi connectivity index (χ0n) is 11.1. The summed E-state index contributed by atoms with van der Waals surface area (Å²) in [4.78, 5) is 15.6. The van der Waals surface area contributed by atoms with Gasteiger partial charge in [-0.3, -0.25) is 0 Å². The number of aromatic nitrogens is 2. The molecule has 1 aromatic carbocycles. The summed E-state index contributed by atoms with van der Waals surface area (Å²) in [6.07, 6.45) is -2.05. The summed E-state index contributed by atoms with van der Waals surface area (Å²) in [5, 5.41) is 0. The monoisotopic (exact) mass is 296 g/mol. The van der Waals surface area contributed by atoms with Crippen molar-refractivity contribution in [2.45, 2.75) is 19.0 Å². The Morgan fingerprint density at radius 2 is 2.10 bits per heavy atom. The summed E-state index contributed by atoms with van der Waals surface area (Å²) < 4.78 is 44.5. The Labute approximate surface area is 118 Å². The number of carbonyl (C=O) groups excluding carboxylic acids is 1. The average molecular weight is 296 g/mol. The molecule has 2 heterocycles. The molecule has 1 aromatic heterocycles. The summed E-state index contributed by atoms with van der Waals surface area (Å²) in [7, 11) is 1.26. The minimum absolute atomic E-state index is 0.211. The van der Waals surface area contributed by atoms with E-state index in [4.69, 9.17) is 0 Å². The Balaban J connectivity index is 2.09. The molecule has 7 heteroatoms. The third kappa shape index (κ3) is 2.18. The van der Waals surface area contributed by atoms with Crippen LogP contribution in [0.25, 0.3) is 5.69 Å². The molecule has 0 unspecified atom stereocenters. The van der Waals surface area contributed by atoms with E-state index in [0.29, 0.717) is 29.8 Å². The molecule has 1 aliphatic rings. The second-order valence-electron chi connectivity index (χ2n) is 4.74. The van der Waals surface area contributed by atoms with Crippen LogP contribution in [0.5, 0.6) is 0 Å². The van der Waals surface area contributed by atoms with Crippen molar-refractivity contribution in [1.82, 2.24) is 9.55 Å². The number of benzene rings is 1. The summed E-state index contributed by atoms with van der Waals surface area (Å²) in [6.45, 7) is 0. The van der Waals surface area contributed by atoms with Crippen LogP contribution in [-0.2, 0) is 23.8 Å². The number of halogens is 3. The molecular formula is C14H11F3N2O2. The van der Waals surface area contributed by atoms with Gasteiger partial charge in [-0.25, -0.2) is 9.78 Å². The predicted octanol–water partition coefficient (Wildman–Crippen LogP) is 2.78. The molecule has 1 aliphatic heterocycles. The topological polar surface area (TPSA) is 44.1 Å². The van der Waals surface area contributed by atoms with E-state index in [0.717, 1.165) is 12.1 Å². The van der Waals surface area contributed by atoms with Crippen LogP contribution in [0.15, 0.2) is 24.5 Å². The molecule has 4 nitrogen and oxygen atoms in total. The largest absolute Gasteiger partial charge is 0.464 e. The van der Waals surface area contributed by atoms with Crippen molar-refractivity contribution in [3.05, 3.63) is 47.0 Å². The number of hydrogen-bond donors (Lipinski definition) is 0. The number of hydrogen-bond acceptors (Lipinski definition) is 3. The third-order valence-corrected chi connectivity index (χ3v) is 3.54. The van der Waals surface area contributed by atoms with Gasteiger partial charge in [-0.15, -0.1) is 0 Å². The number of fused-ring (bicyclic) bond motifs is 3. The molecule has 21 heavy (non-hydrogen) atoms. The van der Waals surface area contributed by atoms with Gasteiger partial charge in [0.15, 0.2) is 5.69 Å². The second kappa shape index (κ2) is 4.61. The maximum Gasteiger partial charge on any atom is 0.416 e. The predicted molar refractivity (Wildman–Crippen MR) is 67.3 cm³/mol. The Kier molecular flexibility index (Phi) is 3.00. The zero-order chi connectivity index (χ0) is 15.2. The minimum atomic E-state index is -4.36. The van der Waals surface area contributed by atoms with E-state index in [-0.39, 0.29) is 5.69 Å². The van der Waals surface area contributed by atoms with E-state index in [9.17, 15) is 18.0 Å². The van der Waals surface area contributed by atoms with Crippen molar-refractivity contribution in [3.63, 3.8) is 0 Å². The first-order valence-corrected chi connectivity index (χ1v) is 6.27. The highest BCUT2D eigenvalue weighted by Gasteiger charge is 2.32. The highest BCUT2D eigenvalue weighted by atomic mass is 19.4. The lowest BCUT2D eigenvalue weighted by molar-refractivity contribution is -0.137. The highest BCUT2D eigenvalue weighted by molar-refractivity contribution is 5.88. The van der Waals surface area contributed by atoms with Gasteiger partial charge in [-0.05, 0) is 36.6 Å². The molecule has 0 bridgehead atoms. The van der Waals surface area contributed by atoms with Gasteiger partial charge in [0.1, 0.15) is 6.33 Å². The lowest BCUT2D eigenvalue weighted by Gasteiger charge is -2.20. The summed E-state index contributed by atoms with van der Waals surface area (Å²) in [6, 6.07) is 3.59. The Bertz CT molecular complexity index is 719. The number of rotatable bonds is 1. The molecule has 3 rings (SSSR count). The van der Waals surface area contributed by atoms with Gasteiger partial charge in [0.2, 0.25) is 0 Å². The smallest absolute Gasteiger partial charge is 0.416 e. The molecular weight excluding hydrogens is 285 g/mol.